The normalized spacial score (nSPS) is 10.6. The number of hydrogen-bond acceptors (Lipinski definition) is 4. The molecule has 2 heterocycles. The van der Waals surface area contributed by atoms with Gasteiger partial charge in [-0.25, -0.2) is 9.97 Å². The largest absolute Gasteiger partial charge is 0.396 e. The Morgan fingerprint density at radius 3 is 2.94 bits per heavy atom. The third-order valence-corrected chi connectivity index (χ3v) is 3.13. The molecule has 16 heavy (non-hydrogen) atoms. The summed E-state index contributed by atoms with van der Waals surface area (Å²) in [6.45, 7) is 2.16. The maximum absolute atomic E-state index is 8.80. The van der Waals surface area contributed by atoms with E-state index in [1.54, 1.807) is 11.3 Å². The maximum Gasteiger partial charge on any atom is 0.129 e. The molecule has 0 aliphatic carbocycles. The van der Waals surface area contributed by atoms with Crippen molar-refractivity contribution >= 4 is 11.3 Å². The van der Waals surface area contributed by atoms with Crippen LogP contribution in [0.15, 0.2) is 23.6 Å². The third kappa shape index (κ3) is 2.65. The highest BCUT2D eigenvalue weighted by molar-refractivity contribution is 7.13. The fourth-order valence-electron chi connectivity index (χ4n) is 1.53. The van der Waals surface area contributed by atoms with Crippen molar-refractivity contribution in [3.05, 3.63) is 35.1 Å². The predicted octanol–water partition coefficient (Wildman–Crippen LogP) is 2.44. The number of nitrogens with zero attached hydrogens (tertiary/aromatic N) is 2. The van der Waals surface area contributed by atoms with Crippen molar-refractivity contribution in [2.75, 3.05) is 6.61 Å². The summed E-state index contributed by atoms with van der Waals surface area (Å²) in [5.74, 6) is 0.817. The first-order chi connectivity index (χ1) is 7.79. The van der Waals surface area contributed by atoms with Crippen LogP contribution in [0.4, 0.5) is 0 Å². The minimum absolute atomic E-state index is 0.186. The molecule has 0 aliphatic heterocycles. The molecule has 1 N–H and O–H groups in total. The zero-order valence-electron chi connectivity index (χ0n) is 9.18. The summed E-state index contributed by atoms with van der Waals surface area (Å²) in [5, 5.41) is 10.8. The molecule has 0 amide bonds. The SMILES string of the molecule is Cc1cc(-c2cccs2)nc(CCCO)n1. The molecule has 2 rings (SSSR count). The number of aliphatic hydroxyl groups is 1. The number of rotatable bonds is 4. The Labute approximate surface area is 98.8 Å². The molecule has 0 saturated heterocycles. The molecule has 4 heteroatoms. The van der Waals surface area contributed by atoms with Crippen molar-refractivity contribution < 1.29 is 5.11 Å². The number of aryl methyl sites for hydroxylation is 2. The van der Waals surface area contributed by atoms with Crippen LogP contribution < -0.4 is 0 Å². The molecule has 0 saturated carbocycles. The molecule has 0 fully saturated rings. The van der Waals surface area contributed by atoms with Crippen molar-refractivity contribution in [1.29, 1.82) is 0 Å². The summed E-state index contributed by atoms with van der Waals surface area (Å²) < 4.78 is 0. The number of aliphatic hydroxyl groups excluding tert-OH is 1. The Hall–Kier alpha value is -1.26. The lowest BCUT2D eigenvalue weighted by Crippen LogP contribution is -2.00. The van der Waals surface area contributed by atoms with Gasteiger partial charge >= 0.3 is 0 Å². The molecule has 0 spiro atoms. The second kappa shape index (κ2) is 5.18. The minimum atomic E-state index is 0.186. The Kier molecular flexibility index (Phi) is 3.64. The van der Waals surface area contributed by atoms with E-state index < -0.39 is 0 Å². The number of hydrogen-bond donors (Lipinski definition) is 1. The smallest absolute Gasteiger partial charge is 0.129 e. The van der Waals surface area contributed by atoms with Crippen LogP contribution in [0.2, 0.25) is 0 Å². The van der Waals surface area contributed by atoms with Crippen LogP contribution in [0, 0.1) is 6.92 Å². The van der Waals surface area contributed by atoms with Crippen LogP contribution in [0.3, 0.4) is 0 Å². The second-order valence-corrected chi connectivity index (χ2v) is 4.56. The zero-order valence-corrected chi connectivity index (χ0v) is 10.00. The van der Waals surface area contributed by atoms with Gasteiger partial charge in [0.05, 0.1) is 10.6 Å². The quantitative estimate of drug-likeness (QED) is 0.883. The van der Waals surface area contributed by atoms with Gasteiger partial charge in [0, 0.05) is 18.7 Å². The second-order valence-electron chi connectivity index (χ2n) is 3.62. The van der Waals surface area contributed by atoms with Crippen molar-refractivity contribution in [1.82, 2.24) is 9.97 Å². The number of aromatic nitrogens is 2. The summed E-state index contributed by atoms with van der Waals surface area (Å²) in [6.07, 6.45) is 1.45. The highest BCUT2D eigenvalue weighted by Crippen LogP contribution is 2.23. The first kappa shape index (κ1) is 11.2. The molecule has 0 unspecified atom stereocenters. The van der Waals surface area contributed by atoms with Crippen molar-refractivity contribution in [3.63, 3.8) is 0 Å². The van der Waals surface area contributed by atoms with Crippen LogP contribution in [0.5, 0.6) is 0 Å². The van der Waals surface area contributed by atoms with Gasteiger partial charge in [0.25, 0.3) is 0 Å². The van der Waals surface area contributed by atoms with E-state index in [9.17, 15) is 0 Å². The standard InChI is InChI=1S/C12H14N2OS/c1-9-8-10(11-4-3-7-16-11)14-12(13-9)5-2-6-15/h3-4,7-8,15H,2,5-6H2,1H3. The van der Waals surface area contributed by atoms with Crippen molar-refractivity contribution in [2.24, 2.45) is 0 Å². The molecular formula is C12H14N2OS. The fourth-order valence-corrected chi connectivity index (χ4v) is 2.22. The van der Waals surface area contributed by atoms with E-state index in [0.717, 1.165) is 28.5 Å². The van der Waals surface area contributed by atoms with Gasteiger partial charge in [0.2, 0.25) is 0 Å². The van der Waals surface area contributed by atoms with E-state index >= 15 is 0 Å². The topological polar surface area (TPSA) is 46.0 Å². The Bertz CT molecular complexity index is 454. The van der Waals surface area contributed by atoms with Crippen LogP contribution in [0.25, 0.3) is 10.6 Å². The lowest BCUT2D eigenvalue weighted by molar-refractivity contribution is 0.287. The van der Waals surface area contributed by atoms with Gasteiger partial charge in [-0.2, -0.15) is 0 Å². The highest BCUT2D eigenvalue weighted by atomic mass is 32.1. The average Bonchev–Trinajstić information content (AvgIpc) is 2.79. The monoisotopic (exact) mass is 234 g/mol. The summed E-state index contributed by atoms with van der Waals surface area (Å²) >= 11 is 1.68. The van der Waals surface area contributed by atoms with Crippen LogP contribution >= 0.6 is 11.3 Å². The first-order valence-corrected chi connectivity index (χ1v) is 6.17. The number of thiophene rings is 1. The zero-order chi connectivity index (χ0) is 11.4. The molecular weight excluding hydrogens is 220 g/mol. The third-order valence-electron chi connectivity index (χ3n) is 2.23. The van der Waals surface area contributed by atoms with Crippen LogP contribution in [-0.2, 0) is 6.42 Å². The van der Waals surface area contributed by atoms with Crippen LogP contribution in [-0.4, -0.2) is 21.7 Å². The summed E-state index contributed by atoms with van der Waals surface area (Å²) in [5.41, 5.74) is 1.96. The average molecular weight is 234 g/mol. The van der Waals surface area contributed by atoms with E-state index in [2.05, 4.69) is 16.0 Å². The van der Waals surface area contributed by atoms with E-state index in [4.69, 9.17) is 5.11 Å². The van der Waals surface area contributed by atoms with Gasteiger partial charge < -0.3 is 5.11 Å². The Balaban J connectivity index is 2.29. The van der Waals surface area contributed by atoms with Gasteiger partial charge in [0.1, 0.15) is 5.82 Å². The molecule has 2 aromatic rings. The van der Waals surface area contributed by atoms with E-state index in [0.29, 0.717) is 6.42 Å². The maximum atomic E-state index is 8.80. The van der Waals surface area contributed by atoms with Crippen molar-refractivity contribution in [3.8, 4) is 10.6 Å². The lowest BCUT2D eigenvalue weighted by atomic mass is 10.2. The van der Waals surface area contributed by atoms with Gasteiger partial charge in [-0.05, 0) is 30.9 Å². The van der Waals surface area contributed by atoms with Gasteiger partial charge in [0.15, 0.2) is 0 Å². The summed E-state index contributed by atoms with van der Waals surface area (Å²) in [7, 11) is 0. The summed E-state index contributed by atoms with van der Waals surface area (Å²) in [6, 6.07) is 6.07. The van der Waals surface area contributed by atoms with Gasteiger partial charge in [-0.1, -0.05) is 6.07 Å². The first-order valence-electron chi connectivity index (χ1n) is 5.29. The Morgan fingerprint density at radius 2 is 2.25 bits per heavy atom. The summed E-state index contributed by atoms with van der Waals surface area (Å²) in [4.78, 5) is 10.0. The molecule has 3 nitrogen and oxygen atoms in total. The Morgan fingerprint density at radius 1 is 1.38 bits per heavy atom. The van der Waals surface area contributed by atoms with Crippen molar-refractivity contribution in [2.45, 2.75) is 19.8 Å². The highest BCUT2D eigenvalue weighted by Gasteiger charge is 2.05. The predicted molar refractivity (Wildman–Crippen MR) is 65.5 cm³/mol. The van der Waals surface area contributed by atoms with Gasteiger partial charge in [-0.3, -0.25) is 0 Å². The molecule has 0 bridgehead atoms. The minimum Gasteiger partial charge on any atom is -0.396 e. The molecule has 2 aromatic heterocycles. The lowest BCUT2D eigenvalue weighted by Gasteiger charge is -2.03. The molecule has 0 radical (unpaired) electrons. The molecule has 0 atom stereocenters. The van der Waals surface area contributed by atoms with E-state index in [-0.39, 0.29) is 6.61 Å². The van der Waals surface area contributed by atoms with Crippen LogP contribution in [0.1, 0.15) is 17.9 Å². The molecule has 0 aliphatic rings. The van der Waals surface area contributed by atoms with E-state index in [1.165, 1.54) is 0 Å². The molecule has 0 aromatic carbocycles. The molecule has 84 valence electrons. The fraction of sp³-hybridized carbons (Fsp3) is 0.333. The van der Waals surface area contributed by atoms with Gasteiger partial charge in [-0.15, -0.1) is 11.3 Å². The van der Waals surface area contributed by atoms with E-state index in [1.807, 2.05) is 24.4 Å².